The second-order valence-electron chi connectivity index (χ2n) is 40.4. The van der Waals surface area contributed by atoms with Gasteiger partial charge in [-0.15, -0.1) is 23.2 Å². The van der Waals surface area contributed by atoms with Crippen molar-refractivity contribution < 1.29 is 58.9 Å². The van der Waals surface area contributed by atoms with Gasteiger partial charge in [-0.1, -0.05) is 190 Å². The number of benzene rings is 6. The first-order chi connectivity index (χ1) is 60.5. The number of hydrogen-bond acceptors (Lipinski definition) is 15. The number of nitrogens with two attached hydrogens (primary N) is 1. The molecule has 0 heterocycles. The highest BCUT2D eigenvalue weighted by Gasteiger charge is 2.49. The number of hydrogen-bond donors (Lipinski definition) is 9. The van der Waals surface area contributed by atoms with Gasteiger partial charge in [-0.25, -0.2) is 14.4 Å². The summed E-state index contributed by atoms with van der Waals surface area (Å²) in [6.45, 7) is 27.3. The monoisotopic (exact) mass is 2110 g/mol. The SMILES string of the molecule is C.C.CC(C)(C)OC(=O)NC[C@@]1(c2ccc(Cl)c(Cl)c2)CCC[C@@](C)(O)C1.CC(C)(C)OC(=O)NC[C@]1(c2ccc(Cl)c(Cl)c2)CCC[C@](C)(O)C1.CC1(O)CCCC(C#N)(c2ccc(Cl)c(Cl)c2)C1.CC1(O)CCCC(CN)(c2ccc(Cl)c(Cl)c2)C1.CC1(O)CCCC(CNC(=O)OC(C)(C)C)(c2ccc(Cl)c(Cl)c2)C1.ClCCl.N#CC1(c2ccc(Cl)c(Cl)c2)CCCC(=O)C1. The average molecular weight is 2120 g/mol. The van der Waals surface area contributed by atoms with E-state index in [1.165, 1.54) is 0 Å². The lowest BCUT2D eigenvalue weighted by atomic mass is 9.64. The van der Waals surface area contributed by atoms with Crippen LogP contribution in [0.4, 0.5) is 14.4 Å². The molecule has 3 amide bonds. The minimum atomic E-state index is -0.792. The van der Waals surface area contributed by atoms with Crippen molar-refractivity contribution in [3.05, 3.63) is 203 Å². The smallest absolute Gasteiger partial charge is 0.407 e. The predicted octanol–water partition coefficient (Wildman–Crippen LogP) is 29.4. The lowest BCUT2D eigenvalue weighted by molar-refractivity contribution is -0.121. The van der Waals surface area contributed by atoms with Crippen molar-refractivity contribution in [1.29, 1.82) is 10.5 Å². The van der Waals surface area contributed by atoms with Crippen molar-refractivity contribution >= 4 is 186 Å². The number of carbonyl (C=O) groups excluding carboxylic acids is 4. The fourth-order valence-electron chi connectivity index (χ4n) is 19.0. The quantitative estimate of drug-likeness (QED) is 0.0383. The van der Waals surface area contributed by atoms with E-state index in [1.54, 1.807) is 61.5 Å². The van der Waals surface area contributed by atoms with Gasteiger partial charge in [-0.3, -0.25) is 4.79 Å². The molecule has 0 saturated heterocycles. The van der Waals surface area contributed by atoms with Crippen molar-refractivity contribution in [2.24, 2.45) is 5.73 Å². The second kappa shape index (κ2) is 50.8. The van der Waals surface area contributed by atoms with Crippen LogP contribution in [0.5, 0.6) is 0 Å². The van der Waals surface area contributed by atoms with E-state index in [9.17, 15) is 55.2 Å². The number of aliphatic hydroxyl groups is 5. The molecule has 10 N–H and O–H groups in total. The van der Waals surface area contributed by atoms with Crippen LogP contribution in [0.25, 0.3) is 0 Å². The highest BCUT2D eigenvalue weighted by Crippen LogP contribution is 2.51. The van der Waals surface area contributed by atoms with Gasteiger partial charge in [0.25, 0.3) is 0 Å². The van der Waals surface area contributed by atoms with Crippen LogP contribution < -0.4 is 21.7 Å². The van der Waals surface area contributed by atoms with E-state index in [1.807, 2.05) is 145 Å². The summed E-state index contributed by atoms with van der Waals surface area (Å²) >= 11 is 82.1. The Morgan fingerprint density at radius 3 is 0.805 bits per heavy atom. The van der Waals surface area contributed by atoms with Gasteiger partial charge in [-0.05, 0) is 344 Å². The Hall–Kier alpha value is -4.40. The Balaban J connectivity index is 0.000000333. The number of alkyl halides is 2. The third-order valence-electron chi connectivity index (χ3n) is 24.7. The molecule has 0 aliphatic heterocycles. The van der Waals surface area contributed by atoms with Crippen molar-refractivity contribution in [2.45, 2.75) is 343 Å². The highest BCUT2D eigenvalue weighted by molar-refractivity contribution is 6.44. The summed E-state index contributed by atoms with van der Waals surface area (Å²) in [5, 5.41) is 86.0. The first kappa shape index (κ1) is 121. The van der Waals surface area contributed by atoms with Gasteiger partial charge < -0.3 is 61.4 Å². The molecule has 6 aliphatic carbocycles. The van der Waals surface area contributed by atoms with Gasteiger partial charge in [0.05, 0.1) is 117 Å². The van der Waals surface area contributed by atoms with Gasteiger partial charge in [-0.2, -0.15) is 10.5 Å². The fourth-order valence-corrected chi connectivity index (χ4v) is 20.7. The molecule has 0 radical (unpaired) electrons. The number of carbonyl (C=O) groups is 4. The zero-order chi connectivity index (χ0) is 98.6. The molecule has 740 valence electrons. The molecule has 11 atom stereocenters. The van der Waals surface area contributed by atoms with Crippen LogP contribution >= 0.6 is 162 Å². The van der Waals surface area contributed by atoms with Gasteiger partial charge in [0, 0.05) is 60.7 Å². The summed E-state index contributed by atoms with van der Waals surface area (Å²) in [6.07, 6.45) is 16.1. The molecule has 6 aromatic rings. The maximum Gasteiger partial charge on any atom is 0.407 e. The summed E-state index contributed by atoms with van der Waals surface area (Å²) < 4.78 is 16.0. The Kier molecular flexibility index (Phi) is 46.2. The average Bonchev–Trinajstić information content (AvgIpc) is 0.783. The molecule has 6 aliphatic rings. The minimum Gasteiger partial charge on any atom is -0.444 e. The van der Waals surface area contributed by atoms with Gasteiger partial charge >= 0.3 is 18.3 Å². The summed E-state index contributed by atoms with van der Waals surface area (Å²) in [5.41, 5.74) is 3.35. The predicted molar refractivity (Wildman–Crippen MR) is 551 cm³/mol. The topological polar surface area (TPSA) is 307 Å². The number of rotatable bonds is 13. The molecule has 0 aromatic heterocycles. The Morgan fingerprint density at radius 1 is 0.353 bits per heavy atom. The zero-order valence-electron chi connectivity index (χ0n) is 77.3. The van der Waals surface area contributed by atoms with E-state index in [-0.39, 0.29) is 37.8 Å². The molecular weight excluding hydrogens is 1990 g/mol. The number of amides is 3. The van der Waals surface area contributed by atoms with E-state index >= 15 is 0 Å². The zero-order valence-corrected chi connectivity index (χ0v) is 87.8. The lowest BCUT2D eigenvalue weighted by Crippen LogP contribution is -2.49. The van der Waals surface area contributed by atoms with Gasteiger partial charge in [0.1, 0.15) is 22.6 Å². The van der Waals surface area contributed by atoms with Crippen molar-refractivity contribution in [1.82, 2.24) is 16.0 Å². The molecule has 12 rings (SSSR count). The molecular formula is C101H136Cl14N6O12. The molecule has 18 nitrogen and oxygen atoms in total. The van der Waals surface area contributed by atoms with Crippen LogP contribution in [0.2, 0.25) is 60.3 Å². The van der Waals surface area contributed by atoms with Crippen molar-refractivity contribution in [3.8, 4) is 12.1 Å². The van der Waals surface area contributed by atoms with E-state index in [0.717, 1.165) is 136 Å². The van der Waals surface area contributed by atoms with Crippen molar-refractivity contribution in [3.63, 3.8) is 0 Å². The molecule has 6 saturated carbocycles. The number of Topliss-reactive ketones (excluding diaryl/α,β-unsaturated/α-hetero) is 1. The number of nitrogens with zero attached hydrogens (tertiary/aromatic N) is 2. The Bertz CT molecular complexity index is 4700. The van der Waals surface area contributed by atoms with Gasteiger partial charge in [0.2, 0.25) is 0 Å². The number of halogens is 14. The summed E-state index contributed by atoms with van der Waals surface area (Å²) in [6, 6.07) is 37.3. The molecule has 0 bridgehead atoms. The molecule has 0 spiro atoms. The fraction of sp³-hybridized carbons (Fsp3) is 0.584. The van der Waals surface area contributed by atoms with Crippen LogP contribution in [0.1, 0.15) is 299 Å². The third-order valence-corrected chi connectivity index (χ3v) is 29.2. The van der Waals surface area contributed by atoms with Gasteiger partial charge in [0.15, 0.2) is 0 Å². The summed E-state index contributed by atoms with van der Waals surface area (Å²) in [5.74, 6) is 0.142. The molecule has 6 aromatic carbocycles. The maximum atomic E-state index is 12.1. The standard InChI is InChI=1S/3C19H27Cl2NO3.C14H19Cl2NO.C14H15Cl2NO.C13H11Cl2NO.CH2Cl2.2CH4/c3*1-17(2,3)25-16(23)22-12-19(9-5-8-18(4,24)11-19)13-6-7-14(20)15(21)10-13;2*1-13(18)5-2-6-14(8-13,9-17)10-3-4-11(15)12(16)7-10;14-11-4-3-9(6-12(11)15)13(8-16)5-1-2-10(17)7-13;2-1-3;;/h3*6-7,10,24H,5,8-9,11-12H2,1-4H3,(H,22,23);3-4,7,18H,2,5-6,8-9,17H2,1H3;3-4,7,18H,2,5-6,8H2,1H3;3-4,6H,1-2,5,7H2;1H2;2*1H4/t2*18-,19-;;;;;;;/m10......./s1. The first-order valence-corrected chi connectivity index (χ1v) is 49.6. The van der Waals surface area contributed by atoms with E-state index in [0.29, 0.717) is 131 Å². The first-order valence-electron chi connectivity index (χ1n) is 44.0. The van der Waals surface area contributed by atoms with Crippen LogP contribution in [0, 0.1) is 22.7 Å². The van der Waals surface area contributed by atoms with Crippen LogP contribution in [-0.4, -0.2) is 126 Å². The Labute approximate surface area is 859 Å². The maximum absolute atomic E-state index is 12.1. The van der Waals surface area contributed by atoms with E-state index in [2.05, 4.69) is 28.1 Å². The molecule has 32 heteroatoms. The van der Waals surface area contributed by atoms with Crippen LogP contribution in [0.15, 0.2) is 109 Å². The minimum absolute atomic E-state index is 0. The number of ether oxygens (including phenoxy) is 3. The molecule has 133 heavy (non-hydrogen) atoms. The summed E-state index contributed by atoms with van der Waals surface area (Å²) in [4.78, 5) is 47.9. The second-order valence-corrected chi connectivity index (χ2v) is 46.1. The Morgan fingerprint density at radius 2 is 0.571 bits per heavy atom. The van der Waals surface area contributed by atoms with Crippen LogP contribution in [0.3, 0.4) is 0 Å². The number of nitriles is 2. The number of nitrogens with one attached hydrogen (secondary N) is 3. The lowest BCUT2D eigenvalue weighted by Gasteiger charge is -2.44. The normalized spacial score (nSPS) is 27.2. The third kappa shape index (κ3) is 36.9. The largest absolute Gasteiger partial charge is 0.444 e. The van der Waals surface area contributed by atoms with E-state index in [4.69, 9.17) is 182 Å². The summed E-state index contributed by atoms with van der Waals surface area (Å²) in [7, 11) is 0. The molecule has 7 unspecified atom stereocenters. The van der Waals surface area contributed by atoms with Crippen LogP contribution in [-0.2, 0) is 51.5 Å². The number of alkyl carbamates (subject to hydrolysis) is 3. The molecule has 6 fully saturated rings. The number of ketones is 1. The van der Waals surface area contributed by atoms with Crippen molar-refractivity contribution in [2.75, 3.05) is 31.5 Å². The van der Waals surface area contributed by atoms with E-state index < -0.39 is 90.2 Å². The highest BCUT2D eigenvalue weighted by atomic mass is 35.5.